The third-order valence-corrected chi connectivity index (χ3v) is 5.52. The zero-order chi connectivity index (χ0) is 16.3. The van der Waals surface area contributed by atoms with E-state index < -0.39 is 0 Å². The van der Waals surface area contributed by atoms with Gasteiger partial charge in [-0.1, -0.05) is 0 Å². The maximum absolute atomic E-state index is 12.4. The molecule has 0 aromatic carbocycles. The molecule has 0 saturated carbocycles. The lowest BCUT2D eigenvalue weighted by atomic mass is 9.77. The molecule has 23 heavy (non-hydrogen) atoms. The van der Waals surface area contributed by atoms with Crippen LogP contribution in [0.3, 0.4) is 0 Å². The van der Waals surface area contributed by atoms with Crippen LogP contribution < -0.4 is 16.0 Å². The first-order chi connectivity index (χ1) is 11.1. The van der Waals surface area contributed by atoms with Crippen molar-refractivity contribution in [3.8, 4) is 0 Å². The summed E-state index contributed by atoms with van der Waals surface area (Å²) in [5, 5.41) is 17.2. The molecule has 0 radical (unpaired) electrons. The van der Waals surface area contributed by atoms with Gasteiger partial charge in [0.2, 0.25) is 5.91 Å². The molecule has 6 heteroatoms. The van der Waals surface area contributed by atoms with Crippen molar-refractivity contribution in [2.75, 3.05) is 26.2 Å². The van der Waals surface area contributed by atoms with Gasteiger partial charge in [-0.3, -0.25) is 9.89 Å². The second kappa shape index (κ2) is 7.01. The second-order valence-electron chi connectivity index (χ2n) is 7.19. The Labute approximate surface area is 138 Å². The van der Waals surface area contributed by atoms with E-state index in [1.807, 2.05) is 6.92 Å². The molecule has 128 valence electrons. The van der Waals surface area contributed by atoms with E-state index in [0.29, 0.717) is 5.41 Å². The molecule has 1 atom stereocenters. The third kappa shape index (κ3) is 3.75. The quantitative estimate of drug-likeness (QED) is 0.605. The Morgan fingerprint density at radius 1 is 1.35 bits per heavy atom. The molecule has 6 nitrogen and oxygen atoms in total. The number of hydrogen-bond donors (Lipinski definition) is 4. The van der Waals surface area contributed by atoms with Crippen molar-refractivity contribution < 1.29 is 4.79 Å². The lowest BCUT2D eigenvalue weighted by molar-refractivity contribution is -0.123. The first-order valence-corrected chi connectivity index (χ1v) is 8.82. The fourth-order valence-electron chi connectivity index (χ4n) is 3.98. The molecule has 0 bridgehead atoms. The topological polar surface area (TPSA) is 81.8 Å². The summed E-state index contributed by atoms with van der Waals surface area (Å²) in [7, 11) is 0. The molecule has 2 saturated heterocycles. The number of aromatic amines is 1. The van der Waals surface area contributed by atoms with Gasteiger partial charge in [-0.25, -0.2) is 0 Å². The largest absolute Gasteiger partial charge is 0.355 e. The molecule has 0 aliphatic carbocycles. The summed E-state index contributed by atoms with van der Waals surface area (Å²) < 4.78 is 0. The van der Waals surface area contributed by atoms with Crippen LogP contribution in [0.1, 0.15) is 42.6 Å². The van der Waals surface area contributed by atoms with Crippen LogP contribution >= 0.6 is 0 Å². The predicted molar refractivity (Wildman–Crippen MR) is 90.3 cm³/mol. The minimum absolute atomic E-state index is 0.00880. The number of carbonyl (C=O) groups excluding carboxylic acids is 1. The molecular formula is C17H29N5O. The Balaban J connectivity index is 1.40. The van der Waals surface area contributed by atoms with Crippen molar-refractivity contribution in [1.29, 1.82) is 0 Å². The molecule has 1 spiro atoms. The Kier molecular flexibility index (Phi) is 5.02. The lowest BCUT2D eigenvalue weighted by Gasteiger charge is -2.33. The standard InChI is InChI=1S/C17H29N5O/c1-12-14(13(2)22-21-12)4-3-7-19-16(23)15-10-17(11-20-15)5-8-18-9-6-17/h15,18,20H,3-11H2,1-2H3,(H,19,23)(H,21,22)/t15-/m1/s1. The SMILES string of the molecule is Cc1n[nH]c(C)c1CCCNC(=O)[C@H]1CC2(CCNCC2)CN1. The number of rotatable bonds is 5. The molecule has 2 fully saturated rings. The summed E-state index contributed by atoms with van der Waals surface area (Å²) in [5.74, 6) is 0.168. The van der Waals surface area contributed by atoms with Gasteiger partial charge in [-0.05, 0) is 70.0 Å². The first kappa shape index (κ1) is 16.5. The van der Waals surface area contributed by atoms with E-state index in [1.54, 1.807) is 0 Å². The van der Waals surface area contributed by atoms with Crippen molar-refractivity contribution in [2.45, 2.75) is 52.0 Å². The molecule has 3 heterocycles. The number of carbonyl (C=O) groups is 1. The minimum Gasteiger partial charge on any atom is -0.355 e. The minimum atomic E-state index is -0.00880. The Morgan fingerprint density at radius 2 is 2.13 bits per heavy atom. The highest BCUT2D eigenvalue weighted by atomic mass is 16.2. The number of piperidine rings is 1. The van der Waals surface area contributed by atoms with Gasteiger partial charge in [0, 0.05) is 18.8 Å². The van der Waals surface area contributed by atoms with Crippen LogP contribution in [-0.2, 0) is 11.2 Å². The molecule has 1 aromatic heterocycles. The Morgan fingerprint density at radius 3 is 2.83 bits per heavy atom. The normalized spacial score (nSPS) is 23.3. The van der Waals surface area contributed by atoms with Crippen LogP contribution in [0.5, 0.6) is 0 Å². The van der Waals surface area contributed by atoms with Crippen LogP contribution in [0.4, 0.5) is 0 Å². The first-order valence-electron chi connectivity index (χ1n) is 8.82. The molecule has 2 aliphatic rings. The van der Waals surface area contributed by atoms with E-state index in [0.717, 1.165) is 56.8 Å². The highest BCUT2D eigenvalue weighted by Gasteiger charge is 2.41. The van der Waals surface area contributed by atoms with Crippen LogP contribution in [0.2, 0.25) is 0 Å². The lowest BCUT2D eigenvalue weighted by Crippen LogP contribution is -2.40. The summed E-state index contributed by atoms with van der Waals surface area (Å²) in [6.07, 6.45) is 5.27. The van der Waals surface area contributed by atoms with Crippen molar-refractivity contribution in [3.63, 3.8) is 0 Å². The Hall–Kier alpha value is -1.40. The van der Waals surface area contributed by atoms with Crippen molar-refractivity contribution in [1.82, 2.24) is 26.1 Å². The van der Waals surface area contributed by atoms with Crippen molar-refractivity contribution in [2.24, 2.45) is 5.41 Å². The van der Waals surface area contributed by atoms with E-state index >= 15 is 0 Å². The van der Waals surface area contributed by atoms with Gasteiger partial charge >= 0.3 is 0 Å². The molecule has 1 amide bonds. The number of aromatic nitrogens is 2. The van der Waals surface area contributed by atoms with Gasteiger partial charge in [-0.15, -0.1) is 0 Å². The second-order valence-corrected chi connectivity index (χ2v) is 7.19. The zero-order valence-corrected chi connectivity index (χ0v) is 14.3. The van der Waals surface area contributed by atoms with Gasteiger partial charge < -0.3 is 16.0 Å². The van der Waals surface area contributed by atoms with E-state index in [4.69, 9.17) is 0 Å². The number of nitrogens with zero attached hydrogens (tertiary/aromatic N) is 1. The summed E-state index contributed by atoms with van der Waals surface area (Å²) in [6.45, 7) is 7.96. The molecule has 4 N–H and O–H groups in total. The third-order valence-electron chi connectivity index (χ3n) is 5.52. The number of aryl methyl sites for hydroxylation is 2. The molecule has 3 rings (SSSR count). The maximum atomic E-state index is 12.4. The molecule has 2 aliphatic heterocycles. The average molecular weight is 319 g/mol. The van der Waals surface area contributed by atoms with Crippen LogP contribution in [0.15, 0.2) is 0 Å². The molecule has 0 unspecified atom stereocenters. The number of amides is 1. The highest BCUT2D eigenvalue weighted by molar-refractivity contribution is 5.82. The average Bonchev–Trinajstić information content (AvgIpc) is 3.10. The van der Waals surface area contributed by atoms with Gasteiger partial charge in [0.25, 0.3) is 0 Å². The monoisotopic (exact) mass is 319 g/mol. The number of nitrogens with one attached hydrogen (secondary N) is 4. The number of hydrogen-bond acceptors (Lipinski definition) is 4. The summed E-state index contributed by atoms with van der Waals surface area (Å²) in [5.41, 5.74) is 3.84. The van der Waals surface area contributed by atoms with Gasteiger partial charge in [-0.2, -0.15) is 5.10 Å². The van der Waals surface area contributed by atoms with Crippen LogP contribution in [0, 0.1) is 19.3 Å². The maximum Gasteiger partial charge on any atom is 0.237 e. The van der Waals surface area contributed by atoms with Crippen molar-refractivity contribution in [3.05, 3.63) is 17.0 Å². The Bertz CT molecular complexity index is 528. The summed E-state index contributed by atoms with van der Waals surface area (Å²) in [6, 6.07) is -0.00880. The summed E-state index contributed by atoms with van der Waals surface area (Å²) in [4.78, 5) is 12.4. The van der Waals surface area contributed by atoms with E-state index in [9.17, 15) is 4.79 Å². The summed E-state index contributed by atoms with van der Waals surface area (Å²) >= 11 is 0. The highest BCUT2D eigenvalue weighted by Crippen LogP contribution is 2.37. The van der Waals surface area contributed by atoms with Gasteiger partial charge in [0.05, 0.1) is 11.7 Å². The van der Waals surface area contributed by atoms with Crippen molar-refractivity contribution >= 4 is 5.91 Å². The molecular weight excluding hydrogens is 290 g/mol. The van der Waals surface area contributed by atoms with Gasteiger partial charge in [0.1, 0.15) is 0 Å². The van der Waals surface area contributed by atoms with E-state index in [-0.39, 0.29) is 11.9 Å². The fraction of sp³-hybridized carbons (Fsp3) is 0.765. The van der Waals surface area contributed by atoms with E-state index in [1.165, 1.54) is 18.4 Å². The smallest absolute Gasteiger partial charge is 0.237 e. The van der Waals surface area contributed by atoms with E-state index in [2.05, 4.69) is 33.1 Å². The predicted octanol–water partition coefficient (Wildman–Crippen LogP) is 0.807. The molecule has 1 aromatic rings. The fourth-order valence-corrected chi connectivity index (χ4v) is 3.98. The van der Waals surface area contributed by atoms with Crippen LogP contribution in [-0.4, -0.2) is 48.3 Å². The zero-order valence-electron chi connectivity index (χ0n) is 14.3. The van der Waals surface area contributed by atoms with Gasteiger partial charge in [0.15, 0.2) is 0 Å². The van der Waals surface area contributed by atoms with Crippen LogP contribution in [0.25, 0.3) is 0 Å². The number of H-pyrrole nitrogens is 1.